The van der Waals surface area contributed by atoms with Gasteiger partial charge in [-0.3, -0.25) is 4.79 Å². The predicted molar refractivity (Wildman–Crippen MR) is 62.2 cm³/mol. The number of carbonyl (C=O) groups excluding carboxylic acids is 1. The van der Waals surface area contributed by atoms with Crippen molar-refractivity contribution in [3.63, 3.8) is 0 Å². The summed E-state index contributed by atoms with van der Waals surface area (Å²) in [6.07, 6.45) is 6.68. The van der Waals surface area contributed by atoms with Gasteiger partial charge in [0, 0.05) is 32.2 Å². The molecule has 2 aliphatic rings. The van der Waals surface area contributed by atoms with Crippen LogP contribution in [0.25, 0.3) is 0 Å². The van der Waals surface area contributed by atoms with Gasteiger partial charge < -0.3 is 15.4 Å². The Bertz CT molecular complexity index is 245. The van der Waals surface area contributed by atoms with Crippen molar-refractivity contribution in [3.05, 3.63) is 0 Å². The highest BCUT2D eigenvalue weighted by Gasteiger charge is 2.29. The van der Waals surface area contributed by atoms with Gasteiger partial charge in [0.15, 0.2) is 0 Å². The summed E-state index contributed by atoms with van der Waals surface area (Å²) in [6, 6.07) is 0.782. The molecule has 16 heavy (non-hydrogen) atoms. The highest BCUT2D eigenvalue weighted by Crippen LogP contribution is 2.23. The molecule has 1 heterocycles. The van der Waals surface area contributed by atoms with Crippen LogP contribution in [-0.2, 0) is 9.53 Å². The van der Waals surface area contributed by atoms with Gasteiger partial charge in [0.25, 0.3) is 0 Å². The van der Waals surface area contributed by atoms with E-state index in [1.807, 2.05) is 0 Å². The van der Waals surface area contributed by atoms with Gasteiger partial charge in [0.05, 0.1) is 6.10 Å². The second-order valence-corrected chi connectivity index (χ2v) is 4.87. The lowest BCUT2D eigenvalue weighted by Gasteiger charge is -2.25. The van der Waals surface area contributed by atoms with Crippen molar-refractivity contribution in [2.45, 2.75) is 56.7 Å². The summed E-state index contributed by atoms with van der Waals surface area (Å²) in [5, 5.41) is 6.52. The van der Waals surface area contributed by atoms with Crippen LogP contribution >= 0.6 is 0 Å². The molecule has 0 aromatic rings. The first-order valence-corrected chi connectivity index (χ1v) is 6.35. The van der Waals surface area contributed by atoms with Gasteiger partial charge in [-0.2, -0.15) is 0 Å². The van der Waals surface area contributed by atoms with Crippen molar-refractivity contribution in [1.29, 1.82) is 0 Å². The Morgan fingerprint density at radius 1 is 1.31 bits per heavy atom. The van der Waals surface area contributed by atoms with E-state index in [1.165, 1.54) is 12.8 Å². The summed E-state index contributed by atoms with van der Waals surface area (Å²) in [6.45, 7) is 0.829. The molecule has 1 aliphatic heterocycles. The number of carbonyl (C=O) groups is 1. The normalized spacial score (nSPS) is 35.8. The quantitative estimate of drug-likeness (QED) is 0.749. The van der Waals surface area contributed by atoms with E-state index >= 15 is 0 Å². The van der Waals surface area contributed by atoms with Crippen LogP contribution < -0.4 is 10.6 Å². The van der Waals surface area contributed by atoms with E-state index in [9.17, 15) is 4.79 Å². The lowest BCUT2D eigenvalue weighted by molar-refractivity contribution is -0.121. The number of rotatable bonds is 3. The van der Waals surface area contributed by atoms with Gasteiger partial charge in [-0.15, -0.1) is 0 Å². The van der Waals surface area contributed by atoms with Crippen molar-refractivity contribution in [2.75, 3.05) is 13.7 Å². The van der Waals surface area contributed by atoms with Crippen LogP contribution in [0.15, 0.2) is 0 Å². The van der Waals surface area contributed by atoms with Crippen LogP contribution in [0.1, 0.15) is 38.5 Å². The highest BCUT2D eigenvalue weighted by molar-refractivity contribution is 5.76. The van der Waals surface area contributed by atoms with Crippen LogP contribution in [0.2, 0.25) is 0 Å². The molecule has 1 amide bonds. The third kappa shape index (κ3) is 2.95. The molecule has 0 aromatic heterocycles. The van der Waals surface area contributed by atoms with Crippen LogP contribution in [0.3, 0.4) is 0 Å². The predicted octanol–water partition coefficient (Wildman–Crippen LogP) is 0.812. The number of methoxy groups -OCH3 is 1. The molecular formula is C12H22N2O2. The molecule has 0 bridgehead atoms. The summed E-state index contributed by atoms with van der Waals surface area (Å²) in [5.74, 6) is 0.182. The lowest BCUT2D eigenvalue weighted by atomic mass is 10.1. The van der Waals surface area contributed by atoms with Crippen molar-refractivity contribution in [1.82, 2.24) is 10.6 Å². The van der Waals surface area contributed by atoms with Gasteiger partial charge in [-0.25, -0.2) is 0 Å². The maximum Gasteiger partial charge on any atom is 0.221 e. The van der Waals surface area contributed by atoms with Crippen molar-refractivity contribution in [3.8, 4) is 0 Å². The van der Waals surface area contributed by atoms with Crippen LogP contribution in [0, 0.1) is 0 Å². The van der Waals surface area contributed by atoms with E-state index < -0.39 is 0 Å². The number of ether oxygens (including phenoxy) is 1. The van der Waals surface area contributed by atoms with E-state index in [4.69, 9.17) is 4.74 Å². The SMILES string of the molecule is COC1CCCC1NC1CCCNC(=O)C1. The Morgan fingerprint density at radius 3 is 3.00 bits per heavy atom. The molecule has 3 unspecified atom stereocenters. The molecule has 4 heteroatoms. The van der Waals surface area contributed by atoms with Crippen LogP contribution in [-0.4, -0.2) is 37.7 Å². The molecule has 4 nitrogen and oxygen atoms in total. The molecule has 92 valence electrons. The van der Waals surface area contributed by atoms with Gasteiger partial charge in [-0.1, -0.05) is 0 Å². The Hall–Kier alpha value is -0.610. The number of hydrogen-bond donors (Lipinski definition) is 2. The Balaban J connectivity index is 1.85. The zero-order chi connectivity index (χ0) is 11.4. The number of amides is 1. The minimum Gasteiger partial charge on any atom is -0.380 e. The third-order valence-electron chi connectivity index (χ3n) is 3.69. The van der Waals surface area contributed by atoms with E-state index in [-0.39, 0.29) is 5.91 Å². The van der Waals surface area contributed by atoms with Crippen LogP contribution in [0.4, 0.5) is 0 Å². The van der Waals surface area contributed by atoms with Gasteiger partial charge in [-0.05, 0) is 32.1 Å². The second kappa shape index (κ2) is 5.64. The fourth-order valence-electron chi connectivity index (χ4n) is 2.82. The van der Waals surface area contributed by atoms with Gasteiger partial charge in [0.1, 0.15) is 0 Å². The first kappa shape index (κ1) is 11.9. The number of nitrogens with one attached hydrogen (secondary N) is 2. The Kier molecular flexibility index (Phi) is 4.18. The zero-order valence-electron chi connectivity index (χ0n) is 10.00. The van der Waals surface area contributed by atoms with Crippen LogP contribution in [0.5, 0.6) is 0 Å². The highest BCUT2D eigenvalue weighted by atomic mass is 16.5. The summed E-state index contributed by atoms with van der Waals surface area (Å²) in [5.41, 5.74) is 0. The van der Waals surface area contributed by atoms with Crippen molar-refractivity contribution < 1.29 is 9.53 Å². The first-order valence-electron chi connectivity index (χ1n) is 6.35. The van der Waals surface area contributed by atoms with Crippen molar-refractivity contribution in [2.24, 2.45) is 0 Å². The standard InChI is InChI=1S/C12H22N2O2/c1-16-11-6-2-5-10(11)14-9-4-3-7-13-12(15)8-9/h9-11,14H,2-8H2,1H3,(H,13,15). The topological polar surface area (TPSA) is 50.4 Å². The molecule has 1 saturated heterocycles. The van der Waals surface area contributed by atoms with E-state index in [1.54, 1.807) is 7.11 Å². The smallest absolute Gasteiger partial charge is 0.221 e. The summed E-state index contributed by atoms with van der Waals surface area (Å²) in [7, 11) is 1.78. The average molecular weight is 226 g/mol. The van der Waals surface area contributed by atoms with E-state index in [0.29, 0.717) is 24.6 Å². The molecule has 3 atom stereocenters. The third-order valence-corrected chi connectivity index (χ3v) is 3.69. The summed E-state index contributed by atoms with van der Waals surface area (Å²) < 4.78 is 5.46. The Labute approximate surface area is 97.1 Å². The monoisotopic (exact) mass is 226 g/mol. The molecule has 2 rings (SSSR count). The lowest BCUT2D eigenvalue weighted by Crippen LogP contribution is -2.44. The minimum absolute atomic E-state index is 0.182. The minimum atomic E-state index is 0.182. The molecule has 0 radical (unpaired) electrons. The molecule has 1 saturated carbocycles. The van der Waals surface area contributed by atoms with Gasteiger partial charge in [0.2, 0.25) is 5.91 Å². The number of hydrogen-bond acceptors (Lipinski definition) is 3. The summed E-state index contributed by atoms with van der Waals surface area (Å²) in [4.78, 5) is 11.4. The first-order chi connectivity index (χ1) is 7.79. The second-order valence-electron chi connectivity index (χ2n) is 4.87. The molecule has 0 spiro atoms. The molecule has 2 N–H and O–H groups in total. The maximum absolute atomic E-state index is 11.4. The van der Waals surface area contributed by atoms with Crippen molar-refractivity contribution >= 4 is 5.91 Å². The zero-order valence-corrected chi connectivity index (χ0v) is 10.00. The molecular weight excluding hydrogens is 204 g/mol. The Morgan fingerprint density at radius 2 is 2.19 bits per heavy atom. The molecule has 0 aromatic carbocycles. The van der Waals surface area contributed by atoms with Gasteiger partial charge >= 0.3 is 0 Å². The molecule has 2 fully saturated rings. The van der Waals surface area contributed by atoms with E-state index in [0.717, 1.165) is 25.8 Å². The fraction of sp³-hybridized carbons (Fsp3) is 0.917. The van der Waals surface area contributed by atoms with E-state index in [2.05, 4.69) is 10.6 Å². The summed E-state index contributed by atoms with van der Waals surface area (Å²) >= 11 is 0. The maximum atomic E-state index is 11.4. The fourth-order valence-corrected chi connectivity index (χ4v) is 2.82. The largest absolute Gasteiger partial charge is 0.380 e. The average Bonchev–Trinajstić information content (AvgIpc) is 2.61. The molecule has 1 aliphatic carbocycles.